The van der Waals surface area contributed by atoms with Crippen LogP contribution in [0.2, 0.25) is 0 Å². The molecule has 25 heavy (non-hydrogen) atoms. The van der Waals surface area contributed by atoms with Gasteiger partial charge >= 0.3 is 5.97 Å². The number of hydrogen-bond donors (Lipinski definition) is 1. The standard InChI is InChI=1S/C18H16N2O5/c21-14(22)9-25-13-3-1-2-10(6-13)8-19-20-17(23)15-11-4-5-12(7-11)16(15)18(20)24/h1-6,8,11-12,15-16H,7,9H2,(H,21,22). The molecule has 0 aromatic heterocycles. The summed E-state index contributed by atoms with van der Waals surface area (Å²) in [6, 6.07) is 6.64. The normalized spacial score (nSPS) is 29.7. The predicted octanol–water partition coefficient (Wildman–Crippen LogP) is 1.29. The number of rotatable bonds is 5. The molecule has 1 aliphatic heterocycles. The minimum Gasteiger partial charge on any atom is -0.482 e. The number of carbonyl (C=O) groups excluding carboxylic acids is 2. The first-order valence-electron chi connectivity index (χ1n) is 8.09. The van der Waals surface area contributed by atoms with Crippen LogP contribution in [0.4, 0.5) is 0 Å². The SMILES string of the molecule is O=C(O)COc1cccc(C=NN2C(=O)C3C4C=CC(C4)C3C2=O)c1. The molecule has 4 rings (SSSR count). The molecule has 7 heteroatoms. The highest BCUT2D eigenvalue weighted by atomic mass is 16.5. The van der Waals surface area contributed by atoms with E-state index in [1.807, 2.05) is 12.2 Å². The van der Waals surface area contributed by atoms with Crippen LogP contribution >= 0.6 is 0 Å². The van der Waals surface area contributed by atoms with E-state index in [2.05, 4.69) is 5.10 Å². The number of carboxylic acids is 1. The number of allylic oxidation sites excluding steroid dienone is 2. The number of carbonyl (C=O) groups is 3. The Balaban J connectivity index is 1.49. The van der Waals surface area contributed by atoms with Crippen molar-refractivity contribution in [2.24, 2.45) is 28.8 Å². The Bertz CT molecular complexity index is 785. The summed E-state index contributed by atoms with van der Waals surface area (Å²) in [6.45, 7) is -0.442. The molecule has 2 aliphatic carbocycles. The van der Waals surface area contributed by atoms with E-state index in [4.69, 9.17) is 9.84 Å². The number of nitrogens with zero attached hydrogens (tertiary/aromatic N) is 2. The van der Waals surface area contributed by atoms with E-state index in [0.29, 0.717) is 11.3 Å². The van der Waals surface area contributed by atoms with Crippen molar-refractivity contribution in [3.63, 3.8) is 0 Å². The fraction of sp³-hybridized carbons (Fsp3) is 0.333. The molecule has 1 aromatic carbocycles. The first-order valence-corrected chi connectivity index (χ1v) is 8.09. The summed E-state index contributed by atoms with van der Waals surface area (Å²) >= 11 is 0. The van der Waals surface area contributed by atoms with E-state index in [0.717, 1.165) is 11.4 Å². The Morgan fingerprint density at radius 2 is 1.92 bits per heavy atom. The van der Waals surface area contributed by atoms with Crippen LogP contribution in [0.15, 0.2) is 41.5 Å². The van der Waals surface area contributed by atoms with E-state index < -0.39 is 12.6 Å². The molecular formula is C18H16N2O5. The third kappa shape index (κ3) is 2.61. The van der Waals surface area contributed by atoms with Crippen LogP contribution in [0, 0.1) is 23.7 Å². The minimum atomic E-state index is -1.07. The summed E-state index contributed by atoms with van der Waals surface area (Å²) in [7, 11) is 0. The van der Waals surface area contributed by atoms with Crippen LogP contribution in [0.1, 0.15) is 12.0 Å². The maximum Gasteiger partial charge on any atom is 0.341 e. The lowest BCUT2D eigenvalue weighted by molar-refractivity contribution is -0.141. The molecule has 4 atom stereocenters. The molecule has 1 saturated heterocycles. The number of hydrogen-bond acceptors (Lipinski definition) is 5. The molecule has 0 radical (unpaired) electrons. The molecule has 2 fully saturated rings. The van der Waals surface area contributed by atoms with Crippen molar-refractivity contribution in [1.29, 1.82) is 0 Å². The Hall–Kier alpha value is -2.96. The van der Waals surface area contributed by atoms with Gasteiger partial charge in [0.1, 0.15) is 5.75 Å². The molecular weight excluding hydrogens is 324 g/mol. The molecule has 1 saturated carbocycles. The van der Waals surface area contributed by atoms with E-state index in [-0.39, 0.29) is 35.5 Å². The van der Waals surface area contributed by atoms with E-state index in [9.17, 15) is 14.4 Å². The van der Waals surface area contributed by atoms with Crippen LogP contribution in [0.3, 0.4) is 0 Å². The first kappa shape index (κ1) is 15.6. The van der Waals surface area contributed by atoms with Gasteiger partial charge in [0.05, 0.1) is 18.1 Å². The molecule has 128 valence electrons. The van der Waals surface area contributed by atoms with Crippen molar-refractivity contribution in [2.45, 2.75) is 6.42 Å². The summed E-state index contributed by atoms with van der Waals surface area (Å²) < 4.78 is 5.10. The predicted molar refractivity (Wildman–Crippen MR) is 86.7 cm³/mol. The van der Waals surface area contributed by atoms with Gasteiger partial charge in [0.2, 0.25) is 0 Å². The zero-order chi connectivity index (χ0) is 17.6. The monoisotopic (exact) mass is 340 g/mol. The topological polar surface area (TPSA) is 96.3 Å². The second-order valence-electron chi connectivity index (χ2n) is 6.49. The quantitative estimate of drug-likeness (QED) is 0.495. The lowest BCUT2D eigenvalue weighted by Gasteiger charge is -2.13. The number of fused-ring (bicyclic) bond motifs is 5. The number of aliphatic carboxylic acids is 1. The molecule has 1 heterocycles. The molecule has 3 aliphatic rings. The Morgan fingerprint density at radius 1 is 1.24 bits per heavy atom. The molecule has 2 amide bonds. The highest BCUT2D eigenvalue weighted by Crippen LogP contribution is 2.52. The minimum absolute atomic E-state index is 0.152. The van der Waals surface area contributed by atoms with E-state index >= 15 is 0 Å². The van der Waals surface area contributed by atoms with Crippen molar-refractivity contribution < 1.29 is 24.2 Å². The van der Waals surface area contributed by atoms with Gasteiger partial charge in [-0.05, 0) is 36.0 Å². The zero-order valence-electron chi connectivity index (χ0n) is 13.2. The average molecular weight is 340 g/mol. The lowest BCUT2D eigenvalue weighted by atomic mass is 9.85. The fourth-order valence-corrected chi connectivity index (χ4v) is 3.95. The first-order chi connectivity index (χ1) is 12.0. The van der Waals surface area contributed by atoms with Crippen molar-refractivity contribution in [3.8, 4) is 5.75 Å². The van der Waals surface area contributed by atoms with Crippen LogP contribution in [-0.2, 0) is 14.4 Å². The van der Waals surface area contributed by atoms with Gasteiger partial charge in [0.25, 0.3) is 11.8 Å². The molecule has 2 bridgehead atoms. The summed E-state index contributed by atoms with van der Waals surface area (Å²) in [5.41, 5.74) is 0.613. The lowest BCUT2D eigenvalue weighted by Crippen LogP contribution is -2.28. The van der Waals surface area contributed by atoms with Crippen molar-refractivity contribution in [3.05, 3.63) is 42.0 Å². The van der Waals surface area contributed by atoms with Gasteiger partial charge < -0.3 is 9.84 Å². The highest BCUT2D eigenvalue weighted by Gasteiger charge is 2.59. The molecule has 1 aromatic rings. The summed E-state index contributed by atoms with van der Waals surface area (Å²) in [5.74, 6) is -1.40. The van der Waals surface area contributed by atoms with Crippen molar-refractivity contribution >= 4 is 24.0 Å². The van der Waals surface area contributed by atoms with Crippen molar-refractivity contribution in [2.75, 3.05) is 6.61 Å². The Morgan fingerprint density at radius 3 is 2.56 bits per heavy atom. The van der Waals surface area contributed by atoms with E-state index in [1.54, 1.807) is 24.3 Å². The average Bonchev–Trinajstić information content (AvgIpc) is 3.26. The van der Waals surface area contributed by atoms with Gasteiger partial charge in [-0.2, -0.15) is 10.1 Å². The van der Waals surface area contributed by atoms with Gasteiger partial charge in [0.15, 0.2) is 6.61 Å². The molecule has 1 N–H and O–H groups in total. The zero-order valence-corrected chi connectivity index (χ0v) is 13.2. The smallest absolute Gasteiger partial charge is 0.341 e. The maximum absolute atomic E-state index is 12.5. The molecule has 4 unspecified atom stereocenters. The number of carboxylic acid groups (broad SMARTS) is 1. The van der Waals surface area contributed by atoms with Gasteiger partial charge in [-0.15, -0.1) is 0 Å². The Kier molecular flexibility index (Phi) is 3.63. The second-order valence-corrected chi connectivity index (χ2v) is 6.49. The summed E-state index contributed by atoms with van der Waals surface area (Å²) in [6.07, 6.45) is 6.37. The number of imide groups is 1. The third-order valence-electron chi connectivity index (χ3n) is 4.99. The summed E-state index contributed by atoms with van der Waals surface area (Å²) in [4.78, 5) is 35.6. The van der Waals surface area contributed by atoms with E-state index in [1.165, 1.54) is 6.21 Å². The van der Waals surface area contributed by atoms with Crippen LogP contribution < -0.4 is 4.74 Å². The Labute approximate surface area is 143 Å². The fourth-order valence-electron chi connectivity index (χ4n) is 3.95. The summed E-state index contributed by atoms with van der Waals surface area (Å²) in [5, 5.41) is 13.7. The number of hydrazone groups is 1. The van der Waals surface area contributed by atoms with Crippen LogP contribution in [-0.4, -0.2) is 40.7 Å². The van der Waals surface area contributed by atoms with Crippen molar-refractivity contribution in [1.82, 2.24) is 5.01 Å². The van der Waals surface area contributed by atoms with Gasteiger partial charge in [-0.1, -0.05) is 24.3 Å². The molecule has 0 spiro atoms. The van der Waals surface area contributed by atoms with Crippen LogP contribution in [0.25, 0.3) is 0 Å². The molecule has 7 nitrogen and oxygen atoms in total. The third-order valence-corrected chi connectivity index (χ3v) is 4.99. The second kappa shape index (κ2) is 5.84. The largest absolute Gasteiger partial charge is 0.482 e. The number of benzene rings is 1. The number of ether oxygens (including phenoxy) is 1. The highest BCUT2D eigenvalue weighted by molar-refractivity contribution is 6.06. The van der Waals surface area contributed by atoms with Gasteiger partial charge in [0, 0.05) is 0 Å². The van der Waals surface area contributed by atoms with Gasteiger partial charge in [-0.3, -0.25) is 9.59 Å². The number of amides is 2. The maximum atomic E-state index is 12.5. The van der Waals surface area contributed by atoms with Gasteiger partial charge in [-0.25, -0.2) is 4.79 Å². The van der Waals surface area contributed by atoms with Crippen LogP contribution in [0.5, 0.6) is 5.75 Å².